The molecule has 164 valence electrons. The zero-order valence-electron chi connectivity index (χ0n) is 16.8. The highest BCUT2D eigenvalue weighted by molar-refractivity contribution is 7.92. The van der Waals surface area contributed by atoms with Crippen LogP contribution >= 0.6 is 11.6 Å². The molecule has 0 aromatic heterocycles. The molecular weight excluding hydrogens is 454 g/mol. The third kappa shape index (κ3) is 5.71. The largest absolute Gasteiger partial charge is 0.323 e. The summed E-state index contributed by atoms with van der Waals surface area (Å²) >= 11 is 6.04. The molecule has 0 saturated carbocycles. The van der Waals surface area contributed by atoms with Crippen molar-refractivity contribution in [3.8, 4) is 0 Å². The number of halogens is 1. The van der Waals surface area contributed by atoms with Crippen molar-refractivity contribution in [1.29, 1.82) is 0 Å². The molecule has 0 radical (unpaired) electrons. The second-order valence-corrected chi connectivity index (χ2v) is 8.82. The Morgan fingerprint density at radius 3 is 2.34 bits per heavy atom. The van der Waals surface area contributed by atoms with Gasteiger partial charge in [0, 0.05) is 34.1 Å². The maximum atomic E-state index is 12.6. The summed E-state index contributed by atoms with van der Waals surface area (Å²) in [6.07, 6.45) is 2.92. The second kappa shape index (κ2) is 9.63. The van der Waals surface area contributed by atoms with Crippen LogP contribution in [0.3, 0.4) is 0 Å². The smallest absolute Gasteiger partial charge is 0.273 e. The summed E-state index contributed by atoms with van der Waals surface area (Å²) in [6.45, 7) is 1.53. The number of hydrogen-bond acceptors (Lipinski definition) is 5. The molecule has 32 heavy (non-hydrogen) atoms. The number of carbonyl (C=O) groups is 1. The van der Waals surface area contributed by atoms with E-state index in [-0.39, 0.29) is 22.2 Å². The minimum atomic E-state index is -4.03. The van der Waals surface area contributed by atoms with Gasteiger partial charge in [0.1, 0.15) is 0 Å². The Morgan fingerprint density at radius 2 is 1.69 bits per heavy atom. The molecule has 10 heteroatoms. The summed E-state index contributed by atoms with van der Waals surface area (Å²) in [5.41, 5.74) is 1.46. The number of hydrogen-bond donors (Lipinski definition) is 2. The van der Waals surface area contributed by atoms with E-state index in [9.17, 15) is 23.3 Å². The normalized spacial score (nSPS) is 11.3. The summed E-state index contributed by atoms with van der Waals surface area (Å²) in [5, 5.41) is 14.3. The number of benzene rings is 3. The highest BCUT2D eigenvalue weighted by Crippen LogP contribution is 2.24. The topological polar surface area (TPSA) is 118 Å². The fourth-order valence-electron chi connectivity index (χ4n) is 2.75. The highest BCUT2D eigenvalue weighted by Gasteiger charge is 2.20. The molecule has 0 saturated heterocycles. The SMILES string of the molecule is Cc1ccc(S(=O)(=O)Nc2ccc(NC(=O)C=Cc3ccccc3Cl)cc2)cc1[N+](=O)[O-]. The van der Waals surface area contributed by atoms with Crippen molar-refractivity contribution in [2.75, 3.05) is 10.0 Å². The van der Waals surface area contributed by atoms with Gasteiger partial charge in [0.25, 0.3) is 15.7 Å². The van der Waals surface area contributed by atoms with Gasteiger partial charge < -0.3 is 5.32 Å². The molecule has 0 fully saturated rings. The van der Waals surface area contributed by atoms with Crippen LogP contribution in [-0.4, -0.2) is 19.2 Å². The van der Waals surface area contributed by atoms with Crippen LogP contribution in [0.25, 0.3) is 6.08 Å². The molecule has 0 spiro atoms. The number of nitro benzene ring substituents is 1. The first-order valence-corrected chi connectivity index (χ1v) is 11.1. The summed E-state index contributed by atoms with van der Waals surface area (Å²) in [6, 6.07) is 16.7. The molecule has 0 aliphatic heterocycles. The van der Waals surface area contributed by atoms with Gasteiger partial charge in [-0.05, 0) is 55.0 Å². The number of carbonyl (C=O) groups excluding carboxylic acids is 1. The standard InChI is InChI=1S/C22H18ClN3O5S/c1-15-6-12-19(14-21(15)26(28)29)32(30,31)25-18-10-8-17(9-11-18)24-22(27)13-7-16-4-2-3-5-20(16)23/h2-14,25H,1H3,(H,24,27). The van der Waals surface area contributed by atoms with Crippen molar-refractivity contribution < 1.29 is 18.1 Å². The van der Waals surface area contributed by atoms with E-state index < -0.39 is 14.9 Å². The first-order chi connectivity index (χ1) is 15.2. The van der Waals surface area contributed by atoms with Crippen LogP contribution in [0.1, 0.15) is 11.1 Å². The Bertz CT molecular complexity index is 1310. The van der Waals surface area contributed by atoms with Crippen molar-refractivity contribution in [3.05, 3.63) is 99.1 Å². The van der Waals surface area contributed by atoms with Crippen LogP contribution in [0.15, 0.2) is 77.7 Å². The van der Waals surface area contributed by atoms with Crippen LogP contribution in [0.4, 0.5) is 17.1 Å². The van der Waals surface area contributed by atoms with E-state index in [4.69, 9.17) is 11.6 Å². The van der Waals surface area contributed by atoms with Gasteiger partial charge in [0.2, 0.25) is 5.91 Å². The van der Waals surface area contributed by atoms with Crippen LogP contribution in [0.5, 0.6) is 0 Å². The molecular formula is C22H18ClN3O5S. The number of anilines is 2. The Hall–Kier alpha value is -3.69. The molecule has 3 aromatic carbocycles. The van der Waals surface area contributed by atoms with E-state index in [2.05, 4.69) is 10.0 Å². The fourth-order valence-corrected chi connectivity index (χ4v) is 4.03. The number of sulfonamides is 1. The van der Waals surface area contributed by atoms with Crippen molar-refractivity contribution in [2.24, 2.45) is 0 Å². The number of amides is 1. The first kappa shape index (κ1) is 23.0. The minimum absolute atomic E-state index is 0.225. The van der Waals surface area contributed by atoms with Gasteiger partial charge in [-0.3, -0.25) is 19.6 Å². The zero-order chi connectivity index (χ0) is 23.3. The van der Waals surface area contributed by atoms with Crippen molar-refractivity contribution in [2.45, 2.75) is 11.8 Å². The van der Waals surface area contributed by atoms with E-state index >= 15 is 0 Å². The minimum Gasteiger partial charge on any atom is -0.323 e. The predicted molar refractivity (Wildman–Crippen MR) is 124 cm³/mol. The number of nitrogens with zero attached hydrogens (tertiary/aromatic N) is 1. The van der Waals surface area contributed by atoms with Crippen LogP contribution in [-0.2, 0) is 14.8 Å². The molecule has 2 N–H and O–H groups in total. The van der Waals surface area contributed by atoms with Gasteiger partial charge in [-0.2, -0.15) is 0 Å². The van der Waals surface area contributed by atoms with Gasteiger partial charge in [-0.15, -0.1) is 0 Å². The second-order valence-electron chi connectivity index (χ2n) is 6.73. The van der Waals surface area contributed by atoms with Crippen molar-refractivity contribution in [1.82, 2.24) is 0 Å². The van der Waals surface area contributed by atoms with E-state index in [1.165, 1.54) is 49.4 Å². The molecule has 0 heterocycles. The highest BCUT2D eigenvalue weighted by atomic mass is 35.5. The van der Waals surface area contributed by atoms with E-state index in [1.54, 1.807) is 30.3 Å². The average Bonchev–Trinajstić information content (AvgIpc) is 2.74. The van der Waals surface area contributed by atoms with Crippen LogP contribution in [0, 0.1) is 17.0 Å². The van der Waals surface area contributed by atoms with E-state index in [0.717, 1.165) is 6.07 Å². The number of nitrogens with one attached hydrogen (secondary N) is 2. The Balaban J connectivity index is 1.68. The maximum absolute atomic E-state index is 12.6. The predicted octanol–water partition coefficient (Wildman–Crippen LogP) is 5.01. The lowest BCUT2D eigenvalue weighted by atomic mass is 10.2. The number of nitro groups is 1. The third-order valence-corrected chi connectivity index (χ3v) is 6.13. The fraction of sp³-hybridized carbons (Fsp3) is 0.0455. The lowest BCUT2D eigenvalue weighted by molar-refractivity contribution is -0.385. The lowest BCUT2D eigenvalue weighted by Crippen LogP contribution is -2.13. The summed E-state index contributed by atoms with van der Waals surface area (Å²) in [5.74, 6) is -0.384. The quantitative estimate of drug-likeness (QED) is 0.285. The van der Waals surface area contributed by atoms with Crippen molar-refractivity contribution >= 4 is 50.7 Å². The molecule has 0 atom stereocenters. The van der Waals surface area contributed by atoms with Gasteiger partial charge in [-0.1, -0.05) is 35.9 Å². The molecule has 3 rings (SSSR count). The van der Waals surface area contributed by atoms with E-state index in [1.807, 2.05) is 0 Å². The Morgan fingerprint density at radius 1 is 1.03 bits per heavy atom. The number of aryl methyl sites for hydroxylation is 1. The molecule has 1 amide bonds. The molecule has 0 unspecified atom stereocenters. The maximum Gasteiger partial charge on any atom is 0.273 e. The monoisotopic (exact) mass is 471 g/mol. The lowest BCUT2D eigenvalue weighted by Gasteiger charge is -2.10. The summed E-state index contributed by atoms with van der Waals surface area (Å²) in [7, 11) is -4.03. The van der Waals surface area contributed by atoms with Crippen LogP contribution < -0.4 is 10.0 Å². The van der Waals surface area contributed by atoms with Gasteiger partial charge >= 0.3 is 0 Å². The average molecular weight is 472 g/mol. The molecule has 0 aliphatic rings. The first-order valence-electron chi connectivity index (χ1n) is 9.27. The van der Waals surface area contributed by atoms with Crippen LogP contribution in [0.2, 0.25) is 5.02 Å². The van der Waals surface area contributed by atoms with Gasteiger partial charge in [-0.25, -0.2) is 8.42 Å². The Kier molecular flexibility index (Phi) is 6.92. The van der Waals surface area contributed by atoms with Gasteiger partial charge in [0.15, 0.2) is 0 Å². The zero-order valence-corrected chi connectivity index (χ0v) is 18.4. The summed E-state index contributed by atoms with van der Waals surface area (Å²) in [4.78, 5) is 22.3. The molecule has 8 nitrogen and oxygen atoms in total. The molecule has 0 aliphatic carbocycles. The van der Waals surface area contributed by atoms with Crippen molar-refractivity contribution in [3.63, 3.8) is 0 Å². The summed E-state index contributed by atoms with van der Waals surface area (Å²) < 4.78 is 27.5. The molecule has 3 aromatic rings. The Labute approximate surface area is 189 Å². The number of rotatable bonds is 7. The molecule has 0 bridgehead atoms. The van der Waals surface area contributed by atoms with Gasteiger partial charge in [0.05, 0.1) is 9.82 Å². The van der Waals surface area contributed by atoms with E-state index in [0.29, 0.717) is 21.8 Å². The third-order valence-electron chi connectivity index (χ3n) is 4.41.